The van der Waals surface area contributed by atoms with Gasteiger partial charge in [0.15, 0.2) is 9.04 Å². The Morgan fingerprint density at radius 1 is 0.920 bits per heavy atom. The van der Waals surface area contributed by atoms with Crippen LogP contribution in [-0.4, -0.2) is 28.2 Å². The van der Waals surface area contributed by atoms with Crippen molar-refractivity contribution < 1.29 is 14.0 Å². The number of hydrogen-bond acceptors (Lipinski definition) is 3. The van der Waals surface area contributed by atoms with E-state index in [4.69, 9.17) is 9.16 Å². The van der Waals surface area contributed by atoms with Crippen LogP contribution in [0.25, 0.3) is 0 Å². The van der Waals surface area contributed by atoms with Gasteiger partial charge in [0.05, 0.1) is 7.11 Å². The van der Waals surface area contributed by atoms with E-state index in [2.05, 4.69) is 40.8 Å². The van der Waals surface area contributed by atoms with Crippen LogP contribution in [0, 0.1) is 11.3 Å². The molecule has 0 aromatic carbocycles. The average molecular weight is 373 g/mol. The molecular formula is C21H44O3Si. The highest BCUT2D eigenvalue weighted by Gasteiger charge is 2.37. The number of methoxy groups -OCH3 is 1. The third-order valence-corrected chi connectivity index (χ3v) is 5.79. The maximum Gasteiger partial charge on any atom is 0.334 e. The first kappa shape index (κ1) is 24.6. The van der Waals surface area contributed by atoms with Gasteiger partial charge in [-0.3, -0.25) is 0 Å². The van der Waals surface area contributed by atoms with E-state index in [0.29, 0.717) is 0 Å². The summed E-state index contributed by atoms with van der Waals surface area (Å²) in [5.74, 6) is 0.0245. The van der Waals surface area contributed by atoms with Crippen LogP contribution in [0.15, 0.2) is 0 Å². The lowest BCUT2D eigenvalue weighted by Gasteiger charge is -2.36. The van der Waals surface area contributed by atoms with Gasteiger partial charge in [0.1, 0.15) is 6.10 Å². The molecule has 25 heavy (non-hydrogen) atoms. The number of rotatable bonds is 14. The van der Waals surface area contributed by atoms with Gasteiger partial charge in [-0.15, -0.1) is 0 Å². The quantitative estimate of drug-likeness (QED) is 0.209. The van der Waals surface area contributed by atoms with E-state index in [1.54, 1.807) is 0 Å². The lowest BCUT2D eigenvalue weighted by atomic mass is 9.74. The van der Waals surface area contributed by atoms with E-state index in [1.165, 1.54) is 64.9 Å². The van der Waals surface area contributed by atoms with Crippen molar-refractivity contribution in [3.8, 4) is 0 Å². The van der Waals surface area contributed by atoms with Crippen molar-refractivity contribution in [2.75, 3.05) is 7.11 Å². The van der Waals surface area contributed by atoms with Crippen molar-refractivity contribution in [1.29, 1.82) is 0 Å². The van der Waals surface area contributed by atoms with Gasteiger partial charge in [-0.1, -0.05) is 85.5 Å². The van der Waals surface area contributed by atoms with Crippen molar-refractivity contribution in [1.82, 2.24) is 0 Å². The molecule has 0 aliphatic carbocycles. The van der Waals surface area contributed by atoms with Crippen LogP contribution in [-0.2, 0) is 14.0 Å². The molecule has 0 aromatic rings. The minimum Gasteiger partial charge on any atom is -0.467 e. The van der Waals surface area contributed by atoms with Crippen LogP contribution in [0.3, 0.4) is 0 Å². The molecule has 0 aliphatic heterocycles. The summed E-state index contributed by atoms with van der Waals surface area (Å²) >= 11 is 0. The van der Waals surface area contributed by atoms with Gasteiger partial charge >= 0.3 is 5.97 Å². The van der Waals surface area contributed by atoms with E-state index >= 15 is 0 Å². The number of ether oxygens (including phenoxy) is 1. The summed E-state index contributed by atoms with van der Waals surface area (Å²) in [4.78, 5) is 12.3. The SMILES string of the molecule is CCCCCCCCCCCC([C@@H](O[SiH](C)C)C(=O)OC)C(C)(C)C. The predicted octanol–water partition coefficient (Wildman–Crippen LogP) is 6.11. The summed E-state index contributed by atoms with van der Waals surface area (Å²) in [6, 6.07) is 0. The Balaban J connectivity index is 4.37. The molecule has 0 bridgehead atoms. The molecular weight excluding hydrogens is 328 g/mol. The van der Waals surface area contributed by atoms with Gasteiger partial charge in [0, 0.05) is 0 Å². The molecule has 2 atom stereocenters. The van der Waals surface area contributed by atoms with Gasteiger partial charge in [-0.2, -0.15) is 0 Å². The van der Waals surface area contributed by atoms with E-state index in [9.17, 15) is 4.79 Å². The fraction of sp³-hybridized carbons (Fsp3) is 0.952. The first-order valence-corrected chi connectivity index (χ1v) is 13.2. The summed E-state index contributed by atoms with van der Waals surface area (Å²) in [5, 5.41) is 0. The smallest absolute Gasteiger partial charge is 0.334 e. The molecule has 1 unspecified atom stereocenters. The van der Waals surface area contributed by atoms with Gasteiger partial charge in [0.25, 0.3) is 0 Å². The first-order valence-electron chi connectivity index (χ1n) is 10.5. The van der Waals surface area contributed by atoms with Crippen molar-refractivity contribution in [2.24, 2.45) is 11.3 Å². The lowest BCUT2D eigenvalue weighted by Crippen LogP contribution is -2.42. The molecule has 0 aliphatic rings. The second-order valence-electron chi connectivity index (χ2n) is 8.72. The molecule has 3 nitrogen and oxygen atoms in total. The highest BCUT2D eigenvalue weighted by Crippen LogP contribution is 2.35. The number of carbonyl (C=O) groups excluding carboxylic acids is 1. The van der Waals surface area contributed by atoms with E-state index in [0.717, 1.165) is 6.42 Å². The van der Waals surface area contributed by atoms with Crippen LogP contribution in [0.1, 0.15) is 91.9 Å². The average Bonchev–Trinajstić information content (AvgIpc) is 2.53. The molecule has 4 heteroatoms. The van der Waals surface area contributed by atoms with Crippen molar-refractivity contribution in [2.45, 2.75) is 111 Å². The zero-order valence-corrected chi connectivity index (χ0v) is 19.2. The normalized spacial score (nSPS) is 14.6. The number of unbranched alkanes of at least 4 members (excludes halogenated alkanes) is 8. The van der Waals surface area contributed by atoms with Crippen LogP contribution in [0.5, 0.6) is 0 Å². The molecule has 0 saturated carbocycles. The highest BCUT2D eigenvalue weighted by molar-refractivity contribution is 6.48. The minimum atomic E-state index is -1.29. The molecule has 0 fully saturated rings. The summed E-state index contributed by atoms with van der Waals surface area (Å²) in [6.45, 7) is 13.1. The van der Waals surface area contributed by atoms with E-state index < -0.39 is 15.1 Å². The summed E-state index contributed by atoms with van der Waals surface area (Å²) in [5.41, 5.74) is 0.0439. The Morgan fingerprint density at radius 2 is 1.40 bits per heavy atom. The van der Waals surface area contributed by atoms with Crippen LogP contribution < -0.4 is 0 Å². The summed E-state index contributed by atoms with van der Waals surface area (Å²) in [7, 11) is 0.177. The van der Waals surface area contributed by atoms with Crippen LogP contribution >= 0.6 is 0 Å². The van der Waals surface area contributed by atoms with Crippen LogP contribution in [0.2, 0.25) is 13.1 Å². The van der Waals surface area contributed by atoms with Gasteiger partial charge in [0.2, 0.25) is 0 Å². The molecule has 0 N–H and O–H groups in total. The molecule has 0 spiro atoms. The minimum absolute atomic E-state index is 0.0439. The maximum atomic E-state index is 12.3. The predicted molar refractivity (Wildman–Crippen MR) is 111 cm³/mol. The Hall–Kier alpha value is -0.353. The lowest BCUT2D eigenvalue weighted by molar-refractivity contribution is -0.154. The van der Waals surface area contributed by atoms with Gasteiger partial charge < -0.3 is 9.16 Å². The highest BCUT2D eigenvalue weighted by atomic mass is 28.3. The molecule has 150 valence electrons. The Morgan fingerprint density at radius 3 is 1.80 bits per heavy atom. The van der Waals surface area contributed by atoms with E-state index in [1.807, 2.05) is 0 Å². The molecule has 0 rings (SSSR count). The summed E-state index contributed by atoms with van der Waals surface area (Å²) < 4.78 is 11.1. The fourth-order valence-corrected chi connectivity index (χ4v) is 4.32. The van der Waals surface area contributed by atoms with Crippen molar-refractivity contribution >= 4 is 15.0 Å². The first-order chi connectivity index (χ1) is 11.7. The maximum absolute atomic E-state index is 12.3. The largest absolute Gasteiger partial charge is 0.467 e. The van der Waals surface area contributed by atoms with Gasteiger partial charge in [-0.25, -0.2) is 4.79 Å². The third kappa shape index (κ3) is 11.8. The topological polar surface area (TPSA) is 35.5 Å². The van der Waals surface area contributed by atoms with Gasteiger partial charge in [-0.05, 0) is 30.8 Å². The molecule has 0 aromatic heterocycles. The van der Waals surface area contributed by atoms with Crippen LogP contribution in [0.4, 0.5) is 0 Å². The monoisotopic (exact) mass is 372 g/mol. The fourth-order valence-electron chi connectivity index (χ4n) is 3.44. The number of esters is 1. The van der Waals surface area contributed by atoms with Crippen molar-refractivity contribution in [3.63, 3.8) is 0 Å². The zero-order valence-electron chi connectivity index (χ0n) is 18.0. The molecule has 0 amide bonds. The Kier molecular flexibility index (Phi) is 13.6. The summed E-state index contributed by atoms with van der Waals surface area (Å²) in [6.07, 6.45) is 12.6. The number of hydrogen-bond donors (Lipinski definition) is 0. The zero-order chi connectivity index (χ0) is 19.3. The molecule has 0 radical (unpaired) electrons. The number of carbonyl (C=O) groups is 1. The third-order valence-electron chi connectivity index (χ3n) is 4.95. The second-order valence-corrected chi connectivity index (χ2v) is 11.1. The van der Waals surface area contributed by atoms with E-state index in [-0.39, 0.29) is 17.3 Å². The molecule has 0 saturated heterocycles. The Labute approximate surface area is 159 Å². The Bertz CT molecular complexity index is 337. The van der Waals surface area contributed by atoms with Crippen molar-refractivity contribution in [3.05, 3.63) is 0 Å². The standard InChI is InChI=1S/C21H44O3Si/c1-8-9-10-11-12-13-14-15-16-17-18(21(2,3)4)19(20(22)23-5)24-25(6)7/h18-19,25H,8-17H2,1-7H3/t18?,19-/m1/s1. The second kappa shape index (κ2) is 13.8. The molecule has 0 heterocycles.